The Labute approximate surface area is 195 Å². The van der Waals surface area contributed by atoms with Gasteiger partial charge in [-0.3, -0.25) is 4.79 Å². The van der Waals surface area contributed by atoms with E-state index in [9.17, 15) is 9.59 Å². The smallest absolute Gasteiger partial charge is 0.349 e. The van der Waals surface area contributed by atoms with Gasteiger partial charge >= 0.3 is 5.97 Å². The molecule has 0 saturated heterocycles. The quantitative estimate of drug-likeness (QED) is 0.365. The molecule has 0 aromatic heterocycles. The van der Waals surface area contributed by atoms with Crippen molar-refractivity contribution in [2.45, 2.75) is 47.0 Å². The van der Waals surface area contributed by atoms with Gasteiger partial charge in [0.15, 0.2) is 6.61 Å². The predicted octanol–water partition coefficient (Wildman–Crippen LogP) is 6.15. The van der Waals surface area contributed by atoms with Crippen LogP contribution < -0.4 is 14.8 Å². The van der Waals surface area contributed by atoms with Crippen LogP contribution in [0.5, 0.6) is 11.5 Å². The number of nitrogens with one attached hydrogen (secondary N) is 1. The fraction of sp³-hybridized carbons (Fsp3) is 0.286. The molecule has 0 atom stereocenters. The number of benzene rings is 3. The number of esters is 1. The van der Waals surface area contributed by atoms with Crippen molar-refractivity contribution in [3.05, 3.63) is 88.5 Å². The fourth-order valence-electron chi connectivity index (χ4n) is 3.39. The Morgan fingerprint density at radius 3 is 2.15 bits per heavy atom. The van der Waals surface area contributed by atoms with Gasteiger partial charge in [0, 0.05) is 11.3 Å². The highest BCUT2D eigenvalue weighted by molar-refractivity contribution is 6.04. The summed E-state index contributed by atoms with van der Waals surface area (Å²) in [6, 6.07) is 18.3. The third-order valence-electron chi connectivity index (χ3n) is 5.28. The van der Waals surface area contributed by atoms with Crippen LogP contribution in [-0.4, -0.2) is 18.5 Å². The zero-order valence-electron chi connectivity index (χ0n) is 20.1. The minimum absolute atomic E-state index is 0.112. The Bertz CT molecular complexity index is 1160. The highest BCUT2D eigenvalue weighted by Crippen LogP contribution is 2.32. The zero-order valence-corrected chi connectivity index (χ0v) is 20.1. The molecule has 0 aliphatic heterocycles. The van der Waals surface area contributed by atoms with Crippen molar-refractivity contribution < 1.29 is 19.1 Å². The average molecular weight is 446 g/mol. The largest absolute Gasteiger partial charge is 0.482 e. The first-order chi connectivity index (χ1) is 15.5. The summed E-state index contributed by atoms with van der Waals surface area (Å²) in [5, 5.41) is 2.92. The predicted molar refractivity (Wildman–Crippen MR) is 131 cm³/mol. The molecule has 3 rings (SSSR count). The molecule has 0 fully saturated rings. The van der Waals surface area contributed by atoms with E-state index < -0.39 is 5.97 Å². The van der Waals surface area contributed by atoms with Crippen LogP contribution in [0.1, 0.15) is 53.4 Å². The first-order valence-corrected chi connectivity index (χ1v) is 11.0. The Morgan fingerprint density at radius 1 is 0.848 bits per heavy atom. The molecule has 5 heteroatoms. The standard InChI is InChI=1S/C28H31NO4/c1-18-8-14-25(23(15-18)28(4,5)6)32-17-26(30)33-22-12-10-21(11-13-22)27(31)29-24-16-19(2)7-9-20(24)3/h7-16H,17H2,1-6H3,(H,29,31). The van der Waals surface area contributed by atoms with E-state index in [-0.39, 0.29) is 17.9 Å². The summed E-state index contributed by atoms with van der Waals surface area (Å²) < 4.78 is 11.1. The molecule has 0 spiro atoms. The second-order valence-corrected chi connectivity index (χ2v) is 9.31. The van der Waals surface area contributed by atoms with Crippen molar-refractivity contribution in [3.8, 4) is 11.5 Å². The highest BCUT2D eigenvalue weighted by Gasteiger charge is 2.20. The minimum atomic E-state index is -0.511. The second kappa shape index (κ2) is 9.90. The number of hydrogen-bond acceptors (Lipinski definition) is 4. The first-order valence-electron chi connectivity index (χ1n) is 11.0. The summed E-state index contributed by atoms with van der Waals surface area (Å²) in [6.07, 6.45) is 0. The third-order valence-corrected chi connectivity index (χ3v) is 5.28. The van der Waals surface area contributed by atoms with Crippen molar-refractivity contribution in [2.24, 2.45) is 0 Å². The lowest BCUT2D eigenvalue weighted by Crippen LogP contribution is -2.20. The topological polar surface area (TPSA) is 64.6 Å². The van der Waals surface area contributed by atoms with E-state index in [4.69, 9.17) is 9.47 Å². The van der Waals surface area contributed by atoms with Crippen LogP contribution in [0.4, 0.5) is 5.69 Å². The molecule has 5 nitrogen and oxygen atoms in total. The van der Waals surface area contributed by atoms with Crippen molar-refractivity contribution in [1.29, 1.82) is 0 Å². The molecule has 3 aromatic rings. The first kappa shape index (κ1) is 24.1. The van der Waals surface area contributed by atoms with Crippen LogP contribution in [0.25, 0.3) is 0 Å². The van der Waals surface area contributed by atoms with Gasteiger partial charge in [-0.15, -0.1) is 0 Å². The van der Waals surface area contributed by atoms with Gasteiger partial charge in [-0.2, -0.15) is 0 Å². The monoisotopic (exact) mass is 445 g/mol. The van der Waals surface area contributed by atoms with Crippen LogP contribution in [0.2, 0.25) is 0 Å². The molecule has 0 bridgehead atoms. The minimum Gasteiger partial charge on any atom is -0.482 e. The van der Waals surface area contributed by atoms with E-state index >= 15 is 0 Å². The molecular weight excluding hydrogens is 414 g/mol. The number of aryl methyl sites for hydroxylation is 3. The number of hydrogen-bond donors (Lipinski definition) is 1. The maximum absolute atomic E-state index is 12.6. The van der Waals surface area contributed by atoms with E-state index in [0.717, 1.165) is 27.9 Å². The summed E-state index contributed by atoms with van der Waals surface area (Å²) in [7, 11) is 0. The van der Waals surface area contributed by atoms with Crippen molar-refractivity contribution in [1.82, 2.24) is 0 Å². The molecule has 33 heavy (non-hydrogen) atoms. The van der Waals surface area contributed by atoms with E-state index in [0.29, 0.717) is 17.1 Å². The van der Waals surface area contributed by atoms with Gasteiger partial charge in [0.1, 0.15) is 11.5 Å². The molecule has 0 unspecified atom stereocenters. The van der Waals surface area contributed by atoms with Gasteiger partial charge in [-0.25, -0.2) is 4.79 Å². The van der Waals surface area contributed by atoms with E-state index in [1.165, 1.54) is 0 Å². The molecule has 172 valence electrons. The van der Waals surface area contributed by atoms with Gasteiger partial charge in [-0.1, -0.05) is 50.6 Å². The summed E-state index contributed by atoms with van der Waals surface area (Å²) in [6.45, 7) is 12.0. The molecule has 0 saturated carbocycles. The number of anilines is 1. The Balaban J connectivity index is 1.59. The summed E-state index contributed by atoms with van der Waals surface area (Å²) in [5.74, 6) is 0.289. The van der Waals surface area contributed by atoms with Crippen LogP contribution in [0.15, 0.2) is 60.7 Å². The highest BCUT2D eigenvalue weighted by atomic mass is 16.6. The summed E-state index contributed by atoms with van der Waals surface area (Å²) in [5.41, 5.74) is 5.37. The lowest BCUT2D eigenvalue weighted by molar-refractivity contribution is -0.136. The Kier molecular flexibility index (Phi) is 7.22. The van der Waals surface area contributed by atoms with Gasteiger partial charge in [0.2, 0.25) is 0 Å². The van der Waals surface area contributed by atoms with Crippen LogP contribution in [0, 0.1) is 20.8 Å². The summed E-state index contributed by atoms with van der Waals surface area (Å²) in [4.78, 5) is 24.9. The molecule has 0 radical (unpaired) electrons. The van der Waals surface area contributed by atoms with Crippen molar-refractivity contribution in [2.75, 3.05) is 11.9 Å². The van der Waals surface area contributed by atoms with E-state index in [1.54, 1.807) is 24.3 Å². The second-order valence-electron chi connectivity index (χ2n) is 9.31. The SMILES string of the molecule is Cc1ccc(C)c(NC(=O)c2ccc(OC(=O)COc3ccc(C)cc3C(C)(C)C)cc2)c1. The van der Waals surface area contributed by atoms with Gasteiger partial charge < -0.3 is 14.8 Å². The van der Waals surface area contributed by atoms with Crippen molar-refractivity contribution >= 4 is 17.6 Å². The van der Waals surface area contributed by atoms with E-state index in [1.807, 2.05) is 51.1 Å². The molecule has 0 aliphatic rings. The van der Waals surface area contributed by atoms with E-state index in [2.05, 4.69) is 32.2 Å². The molecular formula is C28H31NO4. The number of carbonyl (C=O) groups excluding carboxylic acids is 2. The Morgan fingerprint density at radius 2 is 1.48 bits per heavy atom. The zero-order chi connectivity index (χ0) is 24.2. The third kappa shape index (κ3) is 6.45. The number of amides is 1. The van der Waals surface area contributed by atoms with Crippen LogP contribution in [0.3, 0.4) is 0 Å². The summed E-state index contributed by atoms with van der Waals surface area (Å²) >= 11 is 0. The number of ether oxygens (including phenoxy) is 2. The van der Waals surface area contributed by atoms with Gasteiger partial charge in [0.05, 0.1) is 0 Å². The number of rotatable bonds is 6. The fourth-order valence-corrected chi connectivity index (χ4v) is 3.39. The molecule has 0 aliphatic carbocycles. The molecule has 3 aromatic carbocycles. The molecule has 1 N–H and O–H groups in total. The lowest BCUT2D eigenvalue weighted by Gasteiger charge is -2.23. The normalized spacial score (nSPS) is 11.1. The van der Waals surface area contributed by atoms with Crippen molar-refractivity contribution in [3.63, 3.8) is 0 Å². The van der Waals surface area contributed by atoms with Crippen LogP contribution >= 0.6 is 0 Å². The lowest BCUT2D eigenvalue weighted by atomic mass is 9.85. The van der Waals surface area contributed by atoms with Gasteiger partial charge in [0.25, 0.3) is 5.91 Å². The molecule has 0 heterocycles. The Hall–Kier alpha value is -3.60. The van der Waals surface area contributed by atoms with Gasteiger partial charge in [-0.05, 0) is 79.3 Å². The van der Waals surface area contributed by atoms with Crippen LogP contribution in [-0.2, 0) is 10.2 Å². The maximum atomic E-state index is 12.6. The number of carbonyl (C=O) groups is 2. The molecule has 1 amide bonds. The average Bonchev–Trinajstić information content (AvgIpc) is 2.75. The maximum Gasteiger partial charge on any atom is 0.349 e.